The van der Waals surface area contributed by atoms with Crippen molar-refractivity contribution in [2.24, 2.45) is 0 Å². The van der Waals surface area contributed by atoms with Crippen LogP contribution in [0.15, 0.2) is 30.5 Å². The number of halogens is 2. The predicted molar refractivity (Wildman–Crippen MR) is 86.3 cm³/mol. The SMILES string of the molecule is Cc1ccnc(NC(=S)NCc2ccc(Cl)cc2Cl)n1. The fourth-order valence-electron chi connectivity index (χ4n) is 1.50. The van der Waals surface area contributed by atoms with Crippen LogP contribution in [0.5, 0.6) is 0 Å². The van der Waals surface area contributed by atoms with E-state index in [1.807, 2.05) is 19.1 Å². The van der Waals surface area contributed by atoms with Gasteiger partial charge in [0.2, 0.25) is 5.95 Å². The van der Waals surface area contributed by atoms with E-state index in [1.54, 1.807) is 18.3 Å². The van der Waals surface area contributed by atoms with Crippen LogP contribution in [0, 0.1) is 6.92 Å². The minimum atomic E-state index is 0.432. The van der Waals surface area contributed by atoms with Crippen molar-refractivity contribution in [2.75, 3.05) is 5.32 Å². The average Bonchev–Trinajstić information content (AvgIpc) is 2.37. The van der Waals surface area contributed by atoms with Crippen molar-refractivity contribution < 1.29 is 0 Å². The van der Waals surface area contributed by atoms with Gasteiger partial charge in [0.1, 0.15) is 0 Å². The molecule has 0 amide bonds. The van der Waals surface area contributed by atoms with Gasteiger partial charge in [-0.1, -0.05) is 29.3 Å². The quantitative estimate of drug-likeness (QED) is 0.844. The van der Waals surface area contributed by atoms with Crippen LogP contribution in [0.1, 0.15) is 11.3 Å². The summed E-state index contributed by atoms with van der Waals surface area (Å²) in [6.45, 7) is 2.38. The number of thiocarbonyl (C=S) groups is 1. The van der Waals surface area contributed by atoms with Crippen LogP contribution in [0.25, 0.3) is 0 Å². The van der Waals surface area contributed by atoms with E-state index in [0.29, 0.717) is 27.7 Å². The summed E-state index contributed by atoms with van der Waals surface area (Å²) >= 11 is 17.1. The minimum Gasteiger partial charge on any atom is -0.358 e. The lowest BCUT2D eigenvalue weighted by Crippen LogP contribution is -2.28. The van der Waals surface area contributed by atoms with Crippen LogP contribution < -0.4 is 10.6 Å². The summed E-state index contributed by atoms with van der Waals surface area (Å²) in [6, 6.07) is 7.14. The molecular formula is C13H12Cl2N4S. The fourth-order valence-corrected chi connectivity index (χ4v) is 2.13. The van der Waals surface area contributed by atoms with E-state index in [0.717, 1.165) is 11.3 Å². The summed E-state index contributed by atoms with van der Waals surface area (Å²) in [5, 5.41) is 7.59. The number of nitrogens with zero attached hydrogens (tertiary/aromatic N) is 2. The summed E-state index contributed by atoms with van der Waals surface area (Å²) < 4.78 is 0. The predicted octanol–water partition coefficient (Wildman–Crippen LogP) is 3.58. The second kappa shape index (κ2) is 6.83. The van der Waals surface area contributed by atoms with Gasteiger partial charge in [-0.15, -0.1) is 0 Å². The number of rotatable bonds is 3. The van der Waals surface area contributed by atoms with Crippen molar-refractivity contribution in [3.8, 4) is 0 Å². The van der Waals surface area contributed by atoms with E-state index in [1.165, 1.54) is 0 Å². The molecule has 2 aromatic rings. The number of aromatic nitrogens is 2. The van der Waals surface area contributed by atoms with Gasteiger partial charge in [-0.3, -0.25) is 0 Å². The molecule has 20 heavy (non-hydrogen) atoms. The monoisotopic (exact) mass is 326 g/mol. The molecule has 0 bridgehead atoms. The summed E-state index contributed by atoms with van der Waals surface area (Å²) in [4.78, 5) is 8.27. The number of hydrogen-bond donors (Lipinski definition) is 2. The van der Waals surface area contributed by atoms with Crippen molar-refractivity contribution in [1.29, 1.82) is 0 Å². The standard InChI is InChI=1S/C13H12Cl2N4S/c1-8-4-5-16-12(18-8)19-13(20)17-7-9-2-3-10(14)6-11(9)15/h2-6H,7H2,1H3,(H2,16,17,18,19,20). The summed E-state index contributed by atoms with van der Waals surface area (Å²) in [5.74, 6) is 0.463. The summed E-state index contributed by atoms with van der Waals surface area (Å²) in [5.41, 5.74) is 1.77. The summed E-state index contributed by atoms with van der Waals surface area (Å²) in [6.07, 6.45) is 1.67. The smallest absolute Gasteiger partial charge is 0.229 e. The third-order valence-electron chi connectivity index (χ3n) is 2.47. The maximum atomic E-state index is 6.08. The molecule has 0 saturated carbocycles. The van der Waals surface area contributed by atoms with E-state index >= 15 is 0 Å². The van der Waals surface area contributed by atoms with Gasteiger partial charge in [0, 0.05) is 28.5 Å². The summed E-state index contributed by atoms with van der Waals surface area (Å²) in [7, 11) is 0. The van der Waals surface area contributed by atoms with Crippen molar-refractivity contribution in [2.45, 2.75) is 13.5 Å². The molecule has 1 heterocycles. The first-order valence-electron chi connectivity index (χ1n) is 5.83. The zero-order valence-electron chi connectivity index (χ0n) is 10.7. The Balaban J connectivity index is 1.92. The Bertz CT molecular complexity index is 634. The van der Waals surface area contributed by atoms with Gasteiger partial charge >= 0.3 is 0 Å². The lowest BCUT2D eigenvalue weighted by atomic mass is 10.2. The highest BCUT2D eigenvalue weighted by Crippen LogP contribution is 2.20. The van der Waals surface area contributed by atoms with Crippen LogP contribution in [0.4, 0.5) is 5.95 Å². The second-order valence-corrected chi connectivity index (χ2v) is 5.32. The highest BCUT2D eigenvalue weighted by Gasteiger charge is 2.04. The molecule has 0 saturated heterocycles. The molecule has 0 aliphatic carbocycles. The van der Waals surface area contributed by atoms with Gasteiger partial charge in [0.25, 0.3) is 0 Å². The lowest BCUT2D eigenvalue weighted by molar-refractivity contribution is 0.923. The number of benzene rings is 1. The molecule has 104 valence electrons. The topological polar surface area (TPSA) is 49.8 Å². The highest BCUT2D eigenvalue weighted by atomic mass is 35.5. The largest absolute Gasteiger partial charge is 0.358 e. The third-order valence-corrected chi connectivity index (χ3v) is 3.31. The maximum absolute atomic E-state index is 6.08. The Kier molecular flexibility index (Phi) is 5.11. The van der Waals surface area contributed by atoms with Crippen molar-refractivity contribution in [3.63, 3.8) is 0 Å². The first-order chi connectivity index (χ1) is 9.54. The maximum Gasteiger partial charge on any atom is 0.229 e. The van der Waals surface area contributed by atoms with Gasteiger partial charge in [0.05, 0.1) is 0 Å². The van der Waals surface area contributed by atoms with Gasteiger partial charge < -0.3 is 10.6 Å². The lowest BCUT2D eigenvalue weighted by Gasteiger charge is -2.10. The van der Waals surface area contributed by atoms with Crippen molar-refractivity contribution >= 4 is 46.5 Å². The van der Waals surface area contributed by atoms with Crippen LogP contribution in [-0.2, 0) is 6.54 Å². The molecule has 0 radical (unpaired) electrons. The minimum absolute atomic E-state index is 0.432. The zero-order chi connectivity index (χ0) is 14.5. The second-order valence-electron chi connectivity index (χ2n) is 4.07. The molecule has 1 aromatic heterocycles. The molecule has 0 fully saturated rings. The van der Waals surface area contributed by atoms with E-state index in [-0.39, 0.29) is 0 Å². The van der Waals surface area contributed by atoms with Gasteiger partial charge in [-0.05, 0) is 42.9 Å². The van der Waals surface area contributed by atoms with Crippen molar-refractivity contribution in [1.82, 2.24) is 15.3 Å². The number of nitrogens with one attached hydrogen (secondary N) is 2. The molecule has 4 nitrogen and oxygen atoms in total. The van der Waals surface area contributed by atoms with Gasteiger partial charge in [-0.2, -0.15) is 0 Å². The Morgan fingerprint density at radius 3 is 2.80 bits per heavy atom. The molecule has 0 atom stereocenters. The fraction of sp³-hybridized carbons (Fsp3) is 0.154. The molecule has 0 spiro atoms. The average molecular weight is 327 g/mol. The zero-order valence-corrected chi connectivity index (χ0v) is 13.0. The normalized spacial score (nSPS) is 10.2. The number of anilines is 1. The first kappa shape index (κ1) is 15.0. The molecular weight excluding hydrogens is 315 g/mol. The Morgan fingerprint density at radius 1 is 1.30 bits per heavy atom. The van der Waals surface area contributed by atoms with Crippen LogP contribution >= 0.6 is 35.4 Å². The van der Waals surface area contributed by atoms with Gasteiger partial charge in [0.15, 0.2) is 5.11 Å². The van der Waals surface area contributed by atoms with E-state index in [9.17, 15) is 0 Å². The number of hydrogen-bond acceptors (Lipinski definition) is 3. The highest BCUT2D eigenvalue weighted by molar-refractivity contribution is 7.80. The Hall–Kier alpha value is -1.43. The Morgan fingerprint density at radius 2 is 2.10 bits per heavy atom. The molecule has 0 aliphatic heterocycles. The molecule has 1 aromatic carbocycles. The molecule has 0 unspecified atom stereocenters. The van der Waals surface area contributed by atoms with E-state index in [4.69, 9.17) is 35.4 Å². The third kappa shape index (κ3) is 4.30. The van der Waals surface area contributed by atoms with Crippen LogP contribution in [-0.4, -0.2) is 15.1 Å². The van der Waals surface area contributed by atoms with E-state index in [2.05, 4.69) is 20.6 Å². The molecule has 2 rings (SSSR count). The number of aryl methyl sites for hydroxylation is 1. The van der Waals surface area contributed by atoms with Crippen molar-refractivity contribution in [3.05, 3.63) is 51.8 Å². The molecule has 2 N–H and O–H groups in total. The first-order valence-corrected chi connectivity index (χ1v) is 6.99. The Labute approximate surface area is 132 Å². The van der Waals surface area contributed by atoms with E-state index < -0.39 is 0 Å². The molecule has 0 aliphatic rings. The molecule has 7 heteroatoms. The van der Waals surface area contributed by atoms with Crippen LogP contribution in [0.2, 0.25) is 10.0 Å². The van der Waals surface area contributed by atoms with Gasteiger partial charge in [-0.25, -0.2) is 9.97 Å². The van der Waals surface area contributed by atoms with Crippen LogP contribution in [0.3, 0.4) is 0 Å².